The number of carbonyl (C=O) groups is 1. The molecule has 3 N–H and O–H groups in total. The molecule has 39 heavy (non-hydrogen) atoms. The summed E-state index contributed by atoms with van der Waals surface area (Å²) in [6.45, 7) is 4.03. The van der Waals surface area contributed by atoms with Gasteiger partial charge < -0.3 is 15.5 Å². The van der Waals surface area contributed by atoms with Gasteiger partial charge in [-0.05, 0) is 84.6 Å². The Bertz CT molecular complexity index is 1900. The number of anilines is 1. The maximum absolute atomic E-state index is 13.8. The van der Waals surface area contributed by atoms with Crippen LogP contribution in [0.3, 0.4) is 0 Å². The topological polar surface area (TPSA) is 81.1 Å². The lowest BCUT2D eigenvalue weighted by Crippen LogP contribution is -2.24. The highest BCUT2D eigenvalue weighted by Crippen LogP contribution is 2.43. The summed E-state index contributed by atoms with van der Waals surface area (Å²) in [7, 11) is 0. The Morgan fingerprint density at radius 2 is 1.54 bits per heavy atom. The predicted molar refractivity (Wildman–Crippen MR) is 142 cm³/mol. The highest BCUT2D eigenvalue weighted by atomic mass is 19.4. The summed E-state index contributed by atoms with van der Waals surface area (Å²) in [4.78, 5) is 17.3. The van der Waals surface area contributed by atoms with E-state index in [0.29, 0.717) is 33.5 Å². The van der Waals surface area contributed by atoms with E-state index in [4.69, 9.17) is 10.2 Å². The van der Waals surface area contributed by atoms with Gasteiger partial charge in [0.15, 0.2) is 0 Å². The summed E-state index contributed by atoms with van der Waals surface area (Å²) in [5.74, 6) is -1.17. The van der Waals surface area contributed by atoms with Crippen molar-refractivity contribution in [3.8, 4) is 11.1 Å². The van der Waals surface area contributed by atoms with Crippen molar-refractivity contribution in [1.82, 2.24) is 10.3 Å². The molecule has 0 atom stereocenters. The number of pyridine rings is 1. The van der Waals surface area contributed by atoms with E-state index < -0.39 is 17.6 Å². The van der Waals surface area contributed by atoms with Gasteiger partial charge in [0.25, 0.3) is 5.91 Å². The van der Waals surface area contributed by atoms with Crippen molar-refractivity contribution in [1.29, 1.82) is 0 Å². The Kier molecular flexibility index (Phi) is 5.50. The van der Waals surface area contributed by atoms with Crippen LogP contribution in [-0.2, 0) is 12.7 Å². The molecule has 0 aliphatic rings. The highest BCUT2D eigenvalue weighted by molar-refractivity contribution is 6.26. The third kappa shape index (κ3) is 4.10. The molecule has 3 heterocycles. The van der Waals surface area contributed by atoms with Gasteiger partial charge in [-0.15, -0.1) is 0 Å². The number of alkyl halides is 3. The second kappa shape index (κ2) is 8.69. The number of hydrogen-bond acceptors (Lipinski definition) is 4. The molecule has 0 aliphatic carbocycles. The largest absolute Gasteiger partial charge is 0.455 e. The lowest BCUT2D eigenvalue weighted by atomic mass is 9.96. The minimum atomic E-state index is -4.80. The zero-order chi connectivity index (χ0) is 27.6. The number of carbonyl (C=O) groups excluding carboxylic acids is 1. The number of halogens is 4. The SMILES string of the molecule is Cc1cc(N)nc(C)c1CNC(=O)c1ccc2c(c1)c1oc2c2ccc(-c3ccc(F)c(C(F)(F)F)c3)cc21. The molecule has 0 fully saturated rings. The van der Waals surface area contributed by atoms with Gasteiger partial charge in [-0.2, -0.15) is 13.2 Å². The molecule has 5 nitrogen and oxygen atoms in total. The smallest absolute Gasteiger partial charge is 0.419 e. The number of rotatable bonds is 4. The van der Waals surface area contributed by atoms with Crippen LogP contribution in [0.25, 0.3) is 43.8 Å². The van der Waals surface area contributed by atoms with Crippen molar-refractivity contribution < 1.29 is 26.8 Å². The fraction of sp³-hybridized carbons (Fsp3) is 0.133. The molecule has 1 amide bonds. The van der Waals surface area contributed by atoms with E-state index in [2.05, 4.69) is 10.3 Å². The first-order chi connectivity index (χ1) is 18.5. The summed E-state index contributed by atoms with van der Waals surface area (Å²) < 4.78 is 59.6. The van der Waals surface area contributed by atoms with Gasteiger partial charge in [0, 0.05) is 39.3 Å². The summed E-state index contributed by atoms with van der Waals surface area (Å²) in [6, 6.07) is 15.2. The molecular weight excluding hydrogens is 510 g/mol. The van der Waals surface area contributed by atoms with Crippen molar-refractivity contribution in [3.63, 3.8) is 0 Å². The fourth-order valence-electron chi connectivity index (χ4n) is 5.14. The van der Waals surface area contributed by atoms with Crippen LogP contribution in [0, 0.1) is 19.7 Å². The molecule has 9 heteroatoms. The van der Waals surface area contributed by atoms with Crippen molar-refractivity contribution in [2.45, 2.75) is 26.6 Å². The average molecular weight is 532 g/mol. The Labute approximate surface area is 219 Å². The molecule has 0 unspecified atom stereocenters. The molecule has 0 radical (unpaired) electrons. The summed E-state index contributed by atoms with van der Waals surface area (Å²) in [5.41, 5.74) is 9.35. The number of nitrogen functional groups attached to an aromatic ring is 1. The number of aromatic nitrogens is 1. The number of nitrogens with two attached hydrogens (primary N) is 1. The molecule has 6 aromatic rings. The van der Waals surface area contributed by atoms with Crippen LogP contribution in [0.2, 0.25) is 0 Å². The Hall–Kier alpha value is -4.66. The van der Waals surface area contributed by atoms with Gasteiger partial charge >= 0.3 is 6.18 Å². The van der Waals surface area contributed by atoms with Crippen LogP contribution in [0.15, 0.2) is 65.1 Å². The van der Waals surface area contributed by atoms with E-state index in [9.17, 15) is 22.4 Å². The van der Waals surface area contributed by atoms with Crippen LogP contribution < -0.4 is 11.1 Å². The number of nitrogens with zero attached hydrogens (tertiary/aromatic N) is 1. The van der Waals surface area contributed by atoms with Crippen LogP contribution >= 0.6 is 0 Å². The van der Waals surface area contributed by atoms with Crippen LogP contribution in [0.5, 0.6) is 0 Å². The van der Waals surface area contributed by atoms with Gasteiger partial charge in [0.2, 0.25) is 0 Å². The van der Waals surface area contributed by atoms with Gasteiger partial charge in [0.05, 0.1) is 5.56 Å². The standard InChI is InChI=1S/C30H21F4N3O2/c1-14-9-26(35)37-15(2)23(14)13-36-29(38)18-4-7-20-22(11-18)28-21-10-16(3-6-19(21)27(20)39-28)17-5-8-25(31)24(12-17)30(32,33)34/h3-12H,13H2,1-2H3,(H2,35,37)(H,36,38). The predicted octanol–water partition coefficient (Wildman–Crippen LogP) is 7.53. The first-order valence-corrected chi connectivity index (χ1v) is 12.1. The maximum Gasteiger partial charge on any atom is 0.419 e. The first kappa shape index (κ1) is 24.7. The minimum Gasteiger partial charge on any atom is -0.455 e. The quantitative estimate of drug-likeness (QED) is 0.182. The molecule has 0 saturated heterocycles. The average Bonchev–Trinajstić information content (AvgIpc) is 3.44. The maximum atomic E-state index is 13.8. The third-order valence-corrected chi connectivity index (χ3v) is 7.09. The Morgan fingerprint density at radius 3 is 2.26 bits per heavy atom. The number of benzene rings is 4. The van der Waals surface area contributed by atoms with E-state index in [0.717, 1.165) is 45.1 Å². The zero-order valence-electron chi connectivity index (χ0n) is 20.8. The number of aryl methyl sites for hydroxylation is 2. The van der Waals surface area contributed by atoms with Crippen LogP contribution in [-0.4, -0.2) is 10.9 Å². The summed E-state index contributed by atoms with van der Waals surface area (Å²) in [6.07, 6.45) is -4.80. The number of amides is 1. The molecule has 3 aromatic heterocycles. The summed E-state index contributed by atoms with van der Waals surface area (Å²) >= 11 is 0. The van der Waals surface area contributed by atoms with Crippen molar-refractivity contribution in [2.75, 3.05) is 5.73 Å². The molecule has 2 bridgehead atoms. The van der Waals surface area contributed by atoms with Gasteiger partial charge in [-0.25, -0.2) is 9.37 Å². The van der Waals surface area contributed by atoms with E-state index in [1.807, 2.05) is 19.9 Å². The van der Waals surface area contributed by atoms with Gasteiger partial charge in [0.1, 0.15) is 22.8 Å². The second-order valence-electron chi connectivity index (χ2n) is 9.58. The number of hydrogen-bond donors (Lipinski definition) is 2. The van der Waals surface area contributed by atoms with E-state index in [1.165, 1.54) is 6.07 Å². The Balaban J connectivity index is 1.36. The molecule has 0 spiro atoms. The van der Waals surface area contributed by atoms with Crippen molar-refractivity contribution in [2.24, 2.45) is 0 Å². The normalized spacial score (nSPS) is 12.2. The monoisotopic (exact) mass is 531 g/mol. The fourth-order valence-corrected chi connectivity index (χ4v) is 5.14. The third-order valence-electron chi connectivity index (χ3n) is 7.09. The molecule has 0 aliphatic heterocycles. The highest BCUT2D eigenvalue weighted by Gasteiger charge is 2.34. The lowest BCUT2D eigenvalue weighted by Gasteiger charge is -2.12. The molecule has 0 saturated carbocycles. The van der Waals surface area contributed by atoms with Crippen LogP contribution in [0.4, 0.5) is 23.4 Å². The number of furan rings is 2. The second-order valence-corrected chi connectivity index (χ2v) is 9.58. The Morgan fingerprint density at radius 1 is 0.897 bits per heavy atom. The van der Waals surface area contributed by atoms with Crippen molar-refractivity contribution >= 4 is 44.4 Å². The van der Waals surface area contributed by atoms with Crippen LogP contribution in [0.1, 0.15) is 32.7 Å². The molecule has 6 rings (SSSR count). The van der Waals surface area contributed by atoms with E-state index in [-0.39, 0.29) is 18.0 Å². The van der Waals surface area contributed by atoms with E-state index >= 15 is 0 Å². The summed E-state index contributed by atoms with van der Waals surface area (Å²) in [5, 5.41) is 5.98. The van der Waals surface area contributed by atoms with Crippen molar-refractivity contribution in [3.05, 3.63) is 94.4 Å². The molecular formula is C30H21F4N3O2. The lowest BCUT2D eigenvalue weighted by molar-refractivity contribution is -0.139. The number of nitrogens with one attached hydrogen (secondary N) is 1. The van der Waals surface area contributed by atoms with Gasteiger partial charge in [-0.1, -0.05) is 12.1 Å². The first-order valence-electron chi connectivity index (χ1n) is 12.1. The number of fused-ring (bicyclic) bond motifs is 8. The van der Waals surface area contributed by atoms with Gasteiger partial charge in [-0.3, -0.25) is 4.79 Å². The molecule has 3 aromatic carbocycles. The minimum absolute atomic E-state index is 0.232. The molecule has 196 valence electrons. The van der Waals surface area contributed by atoms with E-state index in [1.54, 1.807) is 36.4 Å². The zero-order valence-corrected chi connectivity index (χ0v) is 20.8.